The smallest absolute Gasteiger partial charge is 0.329 e. The number of benzene rings is 2. The standard InChI is InChI=1S/C25H29ClN4O6/c1-15-6-7-20(16(2)9-15)29-22(31)14-36-23-19(26)10-17(11-21(23)34-3)12-28-30-25(33)24(32)27-13-18-5-4-8-35-18/h6-7,9-12,18H,4-5,8,13-14H2,1-3H3,(H,27,32)(H,29,31)(H,30,33)/b28-12-/t18-/m0/s1. The number of ether oxygens (including phenoxy) is 3. The zero-order valence-corrected chi connectivity index (χ0v) is 21.1. The predicted molar refractivity (Wildman–Crippen MR) is 136 cm³/mol. The fourth-order valence-electron chi connectivity index (χ4n) is 3.54. The van der Waals surface area contributed by atoms with Crippen LogP contribution in [0.15, 0.2) is 35.4 Å². The minimum Gasteiger partial charge on any atom is -0.493 e. The summed E-state index contributed by atoms with van der Waals surface area (Å²) in [5.74, 6) is -1.61. The van der Waals surface area contributed by atoms with Gasteiger partial charge in [0.1, 0.15) is 0 Å². The van der Waals surface area contributed by atoms with Gasteiger partial charge in [0.25, 0.3) is 5.91 Å². The molecule has 0 bridgehead atoms. The summed E-state index contributed by atoms with van der Waals surface area (Å²) in [5.41, 5.74) is 5.37. The number of hydrazone groups is 1. The van der Waals surface area contributed by atoms with E-state index in [-0.39, 0.29) is 41.7 Å². The quantitative estimate of drug-likeness (QED) is 0.267. The van der Waals surface area contributed by atoms with E-state index in [1.807, 2.05) is 32.0 Å². The number of carbonyl (C=O) groups is 3. The molecule has 0 saturated carbocycles. The number of hydrogen-bond acceptors (Lipinski definition) is 7. The van der Waals surface area contributed by atoms with E-state index in [4.69, 9.17) is 25.8 Å². The summed E-state index contributed by atoms with van der Waals surface area (Å²) in [6, 6.07) is 8.79. The summed E-state index contributed by atoms with van der Waals surface area (Å²) in [5, 5.41) is 9.28. The van der Waals surface area contributed by atoms with Gasteiger partial charge >= 0.3 is 11.8 Å². The number of amides is 3. The third-order valence-electron chi connectivity index (χ3n) is 5.36. The number of hydrogen-bond donors (Lipinski definition) is 3. The summed E-state index contributed by atoms with van der Waals surface area (Å²) in [6.07, 6.45) is 3.02. The maximum atomic E-state index is 12.4. The first-order chi connectivity index (χ1) is 17.3. The lowest BCUT2D eigenvalue weighted by Gasteiger charge is -2.14. The molecule has 0 aromatic heterocycles. The van der Waals surface area contributed by atoms with E-state index in [1.165, 1.54) is 19.4 Å². The van der Waals surface area contributed by atoms with Gasteiger partial charge in [0.05, 0.1) is 24.5 Å². The molecule has 0 aliphatic carbocycles. The van der Waals surface area contributed by atoms with Crippen LogP contribution in [-0.2, 0) is 19.1 Å². The Hall–Kier alpha value is -3.63. The Balaban J connectivity index is 1.54. The Kier molecular flexibility index (Phi) is 9.66. The highest BCUT2D eigenvalue weighted by atomic mass is 35.5. The lowest BCUT2D eigenvalue weighted by molar-refractivity contribution is -0.139. The largest absolute Gasteiger partial charge is 0.493 e. The van der Waals surface area contributed by atoms with E-state index in [9.17, 15) is 14.4 Å². The number of aryl methyl sites for hydroxylation is 2. The van der Waals surface area contributed by atoms with Gasteiger partial charge in [0.15, 0.2) is 18.1 Å². The molecule has 1 aliphatic rings. The van der Waals surface area contributed by atoms with E-state index in [1.54, 1.807) is 6.07 Å². The normalized spacial score (nSPS) is 14.9. The van der Waals surface area contributed by atoms with Gasteiger partial charge in [-0.1, -0.05) is 29.3 Å². The molecular weight excluding hydrogens is 488 g/mol. The molecule has 1 atom stereocenters. The summed E-state index contributed by atoms with van der Waals surface area (Å²) in [4.78, 5) is 36.1. The Labute approximate surface area is 214 Å². The zero-order chi connectivity index (χ0) is 26.1. The van der Waals surface area contributed by atoms with Crippen molar-refractivity contribution in [2.24, 2.45) is 5.10 Å². The molecule has 3 N–H and O–H groups in total. The van der Waals surface area contributed by atoms with Crippen LogP contribution in [0.2, 0.25) is 5.02 Å². The van der Waals surface area contributed by atoms with Crippen LogP contribution in [0.5, 0.6) is 11.5 Å². The molecule has 1 heterocycles. The van der Waals surface area contributed by atoms with Gasteiger partial charge in [0.2, 0.25) is 0 Å². The lowest BCUT2D eigenvalue weighted by atomic mass is 10.1. The fraction of sp³-hybridized carbons (Fsp3) is 0.360. The van der Waals surface area contributed by atoms with Crippen molar-refractivity contribution in [1.29, 1.82) is 0 Å². The maximum Gasteiger partial charge on any atom is 0.329 e. The van der Waals surface area contributed by atoms with E-state index in [2.05, 4.69) is 21.2 Å². The fourth-order valence-corrected chi connectivity index (χ4v) is 3.81. The first kappa shape index (κ1) is 27.0. The van der Waals surface area contributed by atoms with Crippen molar-refractivity contribution in [3.8, 4) is 11.5 Å². The highest BCUT2D eigenvalue weighted by molar-refractivity contribution is 6.35. The van der Waals surface area contributed by atoms with Crippen LogP contribution in [-0.4, -0.2) is 56.9 Å². The first-order valence-corrected chi connectivity index (χ1v) is 11.7. The Morgan fingerprint density at radius 2 is 2.00 bits per heavy atom. The van der Waals surface area contributed by atoms with Crippen molar-refractivity contribution in [1.82, 2.24) is 10.7 Å². The molecule has 36 heavy (non-hydrogen) atoms. The molecule has 1 saturated heterocycles. The van der Waals surface area contributed by atoms with Crippen molar-refractivity contribution < 1.29 is 28.6 Å². The molecule has 2 aromatic rings. The molecule has 3 rings (SSSR count). The Morgan fingerprint density at radius 1 is 1.19 bits per heavy atom. The maximum absolute atomic E-state index is 12.4. The van der Waals surface area contributed by atoms with E-state index in [0.29, 0.717) is 17.9 Å². The highest BCUT2D eigenvalue weighted by Gasteiger charge is 2.19. The molecule has 0 radical (unpaired) electrons. The third-order valence-corrected chi connectivity index (χ3v) is 5.64. The highest BCUT2D eigenvalue weighted by Crippen LogP contribution is 2.36. The lowest BCUT2D eigenvalue weighted by Crippen LogP contribution is -2.41. The molecule has 2 aromatic carbocycles. The number of carbonyl (C=O) groups excluding carboxylic acids is 3. The first-order valence-electron chi connectivity index (χ1n) is 11.4. The number of methoxy groups -OCH3 is 1. The van der Waals surface area contributed by atoms with Crippen molar-refractivity contribution in [3.63, 3.8) is 0 Å². The summed E-state index contributed by atoms with van der Waals surface area (Å²) < 4.78 is 16.3. The van der Waals surface area contributed by atoms with Gasteiger partial charge < -0.3 is 24.8 Å². The minimum atomic E-state index is -0.905. The van der Waals surface area contributed by atoms with Crippen LogP contribution in [0.25, 0.3) is 0 Å². The van der Waals surface area contributed by atoms with Gasteiger partial charge in [0, 0.05) is 18.8 Å². The Morgan fingerprint density at radius 3 is 2.69 bits per heavy atom. The van der Waals surface area contributed by atoms with Gasteiger partial charge in [-0.3, -0.25) is 14.4 Å². The number of halogens is 1. The molecular formula is C25H29ClN4O6. The second-order valence-electron chi connectivity index (χ2n) is 8.23. The predicted octanol–water partition coefficient (Wildman–Crippen LogP) is 2.73. The summed E-state index contributed by atoms with van der Waals surface area (Å²) in [6.45, 7) is 4.53. The average Bonchev–Trinajstić information content (AvgIpc) is 3.37. The topological polar surface area (TPSA) is 127 Å². The molecule has 10 nitrogen and oxygen atoms in total. The van der Waals surface area contributed by atoms with Crippen LogP contribution < -0.4 is 25.5 Å². The van der Waals surface area contributed by atoms with E-state index < -0.39 is 11.8 Å². The monoisotopic (exact) mass is 516 g/mol. The van der Waals surface area contributed by atoms with Crippen LogP contribution in [0.1, 0.15) is 29.5 Å². The zero-order valence-electron chi connectivity index (χ0n) is 20.4. The van der Waals surface area contributed by atoms with E-state index in [0.717, 1.165) is 24.0 Å². The number of anilines is 1. The van der Waals surface area contributed by atoms with Crippen molar-refractivity contribution in [2.45, 2.75) is 32.8 Å². The van der Waals surface area contributed by atoms with Crippen LogP contribution in [0.4, 0.5) is 5.69 Å². The van der Waals surface area contributed by atoms with E-state index >= 15 is 0 Å². The third kappa shape index (κ3) is 7.69. The molecule has 192 valence electrons. The molecule has 1 aliphatic heterocycles. The van der Waals surface area contributed by atoms with Crippen molar-refractivity contribution >= 4 is 41.2 Å². The van der Waals surface area contributed by atoms with Crippen molar-refractivity contribution in [3.05, 3.63) is 52.0 Å². The molecule has 1 fully saturated rings. The average molecular weight is 517 g/mol. The molecule has 11 heteroatoms. The number of rotatable bonds is 9. The van der Waals surface area contributed by atoms with Gasteiger partial charge in [-0.15, -0.1) is 0 Å². The van der Waals surface area contributed by atoms with Crippen LogP contribution >= 0.6 is 11.6 Å². The molecule has 3 amide bonds. The minimum absolute atomic E-state index is 0.0709. The summed E-state index contributed by atoms with van der Waals surface area (Å²) in [7, 11) is 1.43. The van der Waals surface area contributed by atoms with Crippen LogP contribution in [0, 0.1) is 13.8 Å². The SMILES string of the molecule is COc1cc(/C=N\NC(=O)C(=O)NC[C@@H]2CCCO2)cc(Cl)c1OCC(=O)Nc1ccc(C)cc1C. The van der Waals surface area contributed by atoms with Crippen molar-refractivity contribution in [2.75, 3.05) is 32.2 Å². The summed E-state index contributed by atoms with van der Waals surface area (Å²) >= 11 is 6.33. The van der Waals surface area contributed by atoms with Gasteiger partial charge in [-0.05, 0) is 56.0 Å². The molecule has 0 spiro atoms. The van der Waals surface area contributed by atoms with Crippen LogP contribution in [0.3, 0.4) is 0 Å². The number of nitrogens with zero attached hydrogens (tertiary/aromatic N) is 1. The van der Waals surface area contributed by atoms with Gasteiger partial charge in [-0.25, -0.2) is 5.43 Å². The van der Waals surface area contributed by atoms with Gasteiger partial charge in [-0.2, -0.15) is 5.10 Å². The molecule has 0 unspecified atom stereocenters. The second-order valence-corrected chi connectivity index (χ2v) is 8.64. The number of nitrogens with one attached hydrogen (secondary N) is 3. The Bertz CT molecular complexity index is 1150. The second kappa shape index (κ2) is 12.9.